The van der Waals surface area contributed by atoms with Crippen LogP contribution >= 0.6 is 0 Å². The predicted molar refractivity (Wildman–Crippen MR) is 107 cm³/mol. The van der Waals surface area contributed by atoms with Crippen molar-refractivity contribution in [2.45, 2.75) is 39.2 Å². The van der Waals surface area contributed by atoms with Crippen LogP contribution in [0.1, 0.15) is 42.8 Å². The number of amides is 1. The third-order valence-corrected chi connectivity index (χ3v) is 4.59. The Morgan fingerprint density at radius 1 is 1.24 bits per heavy atom. The predicted octanol–water partition coefficient (Wildman–Crippen LogP) is 4.39. The number of halogens is 1. The first-order chi connectivity index (χ1) is 14.0. The van der Waals surface area contributed by atoms with Gasteiger partial charge < -0.3 is 14.6 Å². The van der Waals surface area contributed by atoms with Crippen molar-refractivity contribution in [3.8, 4) is 17.1 Å². The van der Waals surface area contributed by atoms with Crippen molar-refractivity contribution >= 4 is 5.91 Å². The summed E-state index contributed by atoms with van der Waals surface area (Å²) in [5.74, 6) is 1.23. The van der Waals surface area contributed by atoms with Crippen molar-refractivity contribution in [1.29, 1.82) is 0 Å². The summed E-state index contributed by atoms with van der Waals surface area (Å²) in [4.78, 5) is 16.6. The Hall–Kier alpha value is -3.22. The first kappa shape index (κ1) is 20.5. The topological polar surface area (TPSA) is 77.2 Å². The number of carbonyl (C=O) groups is 1. The first-order valence-electron chi connectivity index (χ1n) is 9.48. The summed E-state index contributed by atoms with van der Waals surface area (Å²) in [5.41, 5.74) is 2.73. The van der Waals surface area contributed by atoms with Crippen molar-refractivity contribution in [3.63, 3.8) is 0 Å². The van der Waals surface area contributed by atoms with Crippen molar-refractivity contribution in [1.82, 2.24) is 15.5 Å². The molecule has 2 aromatic carbocycles. The highest BCUT2D eigenvalue weighted by Crippen LogP contribution is 2.26. The maximum atomic E-state index is 13.0. The third-order valence-electron chi connectivity index (χ3n) is 4.59. The van der Waals surface area contributed by atoms with Gasteiger partial charge in [0.25, 0.3) is 0 Å². The fourth-order valence-electron chi connectivity index (χ4n) is 3.06. The van der Waals surface area contributed by atoms with E-state index < -0.39 is 0 Å². The molecule has 1 unspecified atom stereocenters. The van der Waals surface area contributed by atoms with Gasteiger partial charge in [0.05, 0.1) is 13.2 Å². The summed E-state index contributed by atoms with van der Waals surface area (Å²) in [5, 5.41) is 6.91. The van der Waals surface area contributed by atoms with Crippen LogP contribution in [0.25, 0.3) is 11.4 Å². The SMILES string of the molecule is COc1ccc(C)cc1C(C)NC(=O)CCCc1nc(-c2ccc(F)cc2)no1. The smallest absolute Gasteiger partial charge is 0.226 e. The zero-order valence-electron chi connectivity index (χ0n) is 16.7. The molecule has 152 valence electrons. The highest BCUT2D eigenvalue weighted by molar-refractivity contribution is 5.76. The number of hydrogen-bond donors (Lipinski definition) is 1. The highest BCUT2D eigenvalue weighted by Gasteiger charge is 2.15. The Labute approximate surface area is 169 Å². The molecule has 1 atom stereocenters. The van der Waals surface area contributed by atoms with E-state index in [1.165, 1.54) is 12.1 Å². The number of hydrogen-bond acceptors (Lipinski definition) is 5. The van der Waals surface area contributed by atoms with Crippen LogP contribution in [-0.2, 0) is 11.2 Å². The summed E-state index contributed by atoms with van der Waals surface area (Å²) in [6.07, 6.45) is 1.41. The van der Waals surface area contributed by atoms with E-state index in [-0.39, 0.29) is 17.8 Å². The molecule has 29 heavy (non-hydrogen) atoms. The fourth-order valence-corrected chi connectivity index (χ4v) is 3.06. The molecule has 0 bridgehead atoms. The number of ether oxygens (including phenoxy) is 1. The van der Waals surface area contributed by atoms with E-state index >= 15 is 0 Å². The second-order valence-corrected chi connectivity index (χ2v) is 6.91. The number of carbonyl (C=O) groups excluding carboxylic acids is 1. The van der Waals surface area contributed by atoms with Gasteiger partial charge in [-0.1, -0.05) is 22.9 Å². The lowest BCUT2D eigenvalue weighted by Gasteiger charge is -2.18. The lowest BCUT2D eigenvalue weighted by molar-refractivity contribution is -0.121. The molecule has 7 heteroatoms. The zero-order valence-corrected chi connectivity index (χ0v) is 16.7. The van der Waals surface area contributed by atoms with Gasteiger partial charge in [0.15, 0.2) is 0 Å². The van der Waals surface area contributed by atoms with Crippen molar-refractivity contribution in [2.75, 3.05) is 7.11 Å². The first-order valence-corrected chi connectivity index (χ1v) is 9.48. The summed E-state index contributed by atoms with van der Waals surface area (Å²) in [6.45, 7) is 3.93. The number of nitrogens with one attached hydrogen (secondary N) is 1. The quantitative estimate of drug-likeness (QED) is 0.610. The molecule has 6 nitrogen and oxygen atoms in total. The Bertz CT molecular complexity index is 970. The second kappa shape index (κ2) is 9.32. The van der Waals surface area contributed by atoms with Crippen LogP contribution in [-0.4, -0.2) is 23.2 Å². The molecule has 0 saturated carbocycles. The Morgan fingerprint density at radius 3 is 2.72 bits per heavy atom. The third kappa shape index (κ3) is 5.40. The molecule has 1 amide bonds. The summed E-state index contributed by atoms with van der Waals surface area (Å²) >= 11 is 0. The molecule has 3 aromatic rings. The number of nitrogens with zero attached hydrogens (tertiary/aromatic N) is 2. The molecule has 0 aliphatic carbocycles. The van der Waals surface area contributed by atoms with Crippen LogP contribution < -0.4 is 10.1 Å². The van der Waals surface area contributed by atoms with Crippen molar-refractivity contribution in [2.24, 2.45) is 0 Å². The van der Waals surface area contributed by atoms with Gasteiger partial charge in [-0.2, -0.15) is 4.98 Å². The lowest BCUT2D eigenvalue weighted by atomic mass is 10.0. The minimum Gasteiger partial charge on any atom is -0.496 e. The number of aryl methyl sites for hydroxylation is 2. The van der Waals surface area contributed by atoms with E-state index in [4.69, 9.17) is 9.26 Å². The molecule has 1 heterocycles. The molecule has 0 spiro atoms. The van der Waals surface area contributed by atoms with Gasteiger partial charge in [-0.25, -0.2) is 4.39 Å². The van der Waals surface area contributed by atoms with Gasteiger partial charge in [0.1, 0.15) is 11.6 Å². The Kier molecular flexibility index (Phi) is 6.59. The van der Waals surface area contributed by atoms with E-state index in [1.54, 1.807) is 19.2 Å². The molecule has 1 N–H and O–H groups in total. The van der Waals surface area contributed by atoms with Crippen molar-refractivity contribution < 1.29 is 18.4 Å². The fraction of sp³-hybridized carbons (Fsp3) is 0.318. The van der Waals surface area contributed by atoms with Crippen LogP contribution in [0.15, 0.2) is 47.0 Å². The van der Waals surface area contributed by atoms with Gasteiger partial charge in [-0.15, -0.1) is 0 Å². The molecule has 0 saturated heterocycles. The minimum absolute atomic E-state index is 0.0562. The maximum absolute atomic E-state index is 13.0. The van der Waals surface area contributed by atoms with Crippen LogP contribution in [0.5, 0.6) is 5.75 Å². The number of aromatic nitrogens is 2. The molecular formula is C22H24FN3O3. The van der Waals surface area contributed by atoms with E-state index in [0.717, 1.165) is 16.9 Å². The molecule has 3 rings (SSSR count). The van der Waals surface area contributed by atoms with Gasteiger partial charge >= 0.3 is 0 Å². The van der Waals surface area contributed by atoms with E-state index in [1.807, 2.05) is 32.0 Å². The Morgan fingerprint density at radius 2 is 2.00 bits per heavy atom. The average molecular weight is 397 g/mol. The van der Waals surface area contributed by atoms with E-state index in [2.05, 4.69) is 15.5 Å². The summed E-state index contributed by atoms with van der Waals surface area (Å²) < 4.78 is 23.6. The van der Waals surface area contributed by atoms with Crippen LogP contribution in [0.4, 0.5) is 4.39 Å². The number of rotatable bonds is 8. The highest BCUT2D eigenvalue weighted by atomic mass is 19.1. The normalized spacial score (nSPS) is 11.9. The minimum atomic E-state index is -0.319. The van der Waals surface area contributed by atoms with E-state index in [0.29, 0.717) is 36.5 Å². The standard InChI is InChI=1S/C22H24FN3O3/c1-14-7-12-19(28-3)18(13-14)15(2)24-20(27)5-4-6-21-25-22(26-29-21)16-8-10-17(23)11-9-16/h7-13,15H,4-6H2,1-3H3,(H,24,27). The molecule has 0 fully saturated rings. The lowest BCUT2D eigenvalue weighted by Crippen LogP contribution is -2.26. The average Bonchev–Trinajstić information content (AvgIpc) is 3.17. The number of benzene rings is 2. The van der Waals surface area contributed by atoms with Crippen LogP contribution in [0.2, 0.25) is 0 Å². The maximum Gasteiger partial charge on any atom is 0.226 e. The van der Waals surface area contributed by atoms with Gasteiger partial charge in [0, 0.05) is 24.0 Å². The van der Waals surface area contributed by atoms with E-state index in [9.17, 15) is 9.18 Å². The molecule has 0 aliphatic heterocycles. The number of methoxy groups -OCH3 is 1. The van der Waals surface area contributed by atoms with Gasteiger partial charge in [-0.3, -0.25) is 4.79 Å². The molecule has 1 aromatic heterocycles. The largest absolute Gasteiger partial charge is 0.496 e. The monoisotopic (exact) mass is 397 g/mol. The van der Waals surface area contributed by atoms with Crippen molar-refractivity contribution in [3.05, 3.63) is 65.3 Å². The summed E-state index contributed by atoms with van der Waals surface area (Å²) in [6, 6.07) is 11.6. The van der Waals surface area contributed by atoms with Crippen LogP contribution in [0.3, 0.4) is 0 Å². The summed E-state index contributed by atoms with van der Waals surface area (Å²) in [7, 11) is 1.62. The van der Waals surface area contributed by atoms with Gasteiger partial charge in [0.2, 0.25) is 17.6 Å². The Balaban J connectivity index is 1.50. The molecule has 0 aliphatic rings. The van der Waals surface area contributed by atoms with Gasteiger partial charge in [-0.05, 0) is 50.6 Å². The molecular weight excluding hydrogens is 373 g/mol. The molecule has 0 radical (unpaired) electrons. The second-order valence-electron chi connectivity index (χ2n) is 6.91. The van der Waals surface area contributed by atoms with Crippen LogP contribution in [0, 0.1) is 12.7 Å². The zero-order chi connectivity index (χ0) is 20.8.